The van der Waals surface area contributed by atoms with Crippen LogP contribution in [-0.4, -0.2) is 17.2 Å². The Labute approximate surface area is 203 Å². The Balaban J connectivity index is 0.000000499. The first-order valence-corrected chi connectivity index (χ1v) is 12.6. The van der Waals surface area contributed by atoms with E-state index in [-0.39, 0.29) is 16.9 Å². The van der Waals surface area contributed by atoms with Gasteiger partial charge in [0.25, 0.3) is 0 Å². The van der Waals surface area contributed by atoms with Gasteiger partial charge in [-0.1, -0.05) is 43.3 Å². The van der Waals surface area contributed by atoms with Gasteiger partial charge in [0.2, 0.25) is 0 Å². The topological polar surface area (TPSA) is 78.5 Å². The van der Waals surface area contributed by atoms with Crippen molar-refractivity contribution < 1.29 is 0 Å². The van der Waals surface area contributed by atoms with E-state index in [1.165, 1.54) is 30.2 Å². The van der Waals surface area contributed by atoms with Crippen LogP contribution in [0.5, 0.6) is 0 Å². The molecule has 178 valence electrons. The highest BCUT2D eigenvalue weighted by atomic mass is 16.3. The van der Waals surface area contributed by atoms with Crippen molar-refractivity contribution in [3.8, 4) is 6.07 Å². The van der Waals surface area contributed by atoms with Crippen LogP contribution in [0.15, 0.2) is 59.1 Å². The maximum Gasteiger partial charge on any atom is 0.101 e. The predicted octanol–water partition coefficient (Wildman–Crippen LogP) is 7.26. The van der Waals surface area contributed by atoms with E-state index in [0.717, 1.165) is 37.7 Å². The molecule has 0 spiro atoms. The van der Waals surface area contributed by atoms with Crippen molar-refractivity contribution in [3.63, 3.8) is 0 Å². The molecule has 2 fully saturated rings. The van der Waals surface area contributed by atoms with Crippen molar-refractivity contribution in [1.82, 2.24) is 4.98 Å². The molecule has 34 heavy (non-hydrogen) atoms. The molecular weight excluding hydrogens is 420 g/mol. The van der Waals surface area contributed by atoms with Crippen molar-refractivity contribution in [1.29, 1.82) is 5.26 Å². The molecule has 1 heterocycles. The summed E-state index contributed by atoms with van der Waals surface area (Å²) in [5, 5.41) is 12.7. The van der Waals surface area contributed by atoms with E-state index in [2.05, 4.69) is 53.8 Å². The molecule has 4 aliphatic carbocycles. The average Bonchev–Trinajstić information content (AvgIpc) is 3.21. The van der Waals surface area contributed by atoms with Crippen LogP contribution in [0.4, 0.5) is 0 Å². The number of nitrogens with zero attached hydrogens (tertiary/aromatic N) is 4. The van der Waals surface area contributed by atoms with Crippen LogP contribution in [0, 0.1) is 44.8 Å². The van der Waals surface area contributed by atoms with Crippen molar-refractivity contribution >= 4 is 11.8 Å². The van der Waals surface area contributed by atoms with Crippen LogP contribution in [-0.2, 0) is 0 Å². The second-order valence-electron chi connectivity index (χ2n) is 10.7. The minimum absolute atomic E-state index is 0.0145. The first kappa shape index (κ1) is 24.3. The first-order valence-electron chi connectivity index (χ1n) is 12.6. The maximum absolute atomic E-state index is 11.1. The zero-order valence-corrected chi connectivity index (χ0v) is 20.7. The van der Waals surface area contributed by atoms with Gasteiger partial charge in [-0.2, -0.15) is 10.2 Å². The average molecular weight is 457 g/mol. The summed E-state index contributed by atoms with van der Waals surface area (Å²) in [5.74, 6) is 2.06. The summed E-state index contributed by atoms with van der Waals surface area (Å²) in [7, 11) is 0. The predicted molar refractivity (Wildman–Crippen MR) is 138 cm³/mol. The SMILES string of the molecule is C=CN=CC.CC12CCC(N=O)CC1=CCC1C2CCC2(C)C(c3cncc(C#N)c3)=CCC12. The van der Waals surface area contributed by atoms with Gasteiger partial charge >= 0.3 is 0 Å². The number of hydrogen-bond acceptors (Lipinski definition) is 5. The van der Waals surface area contributed by atoms with E-state index in [4.69, 9.17) is 0 Å². The van der Waals surface area contributed by atoms with Crippen LogP contribution < -0.4 is 0 Å². The van der Waals surface area contributed by atoms with Crippen molar-refractivity contribution in [2.45, 2.75) is 71.8 Å². The third kappa shape index (κ3) is 4.08. The zero-order chi connectivity index (χ0) is 24.3. The number of allylic oxidation sites excluding steroid dienone is 3. The standard InChI is InChI=1S/C25H29N3O.C4H7N/c1-24-9-7-19(28-29)12-18(24)3-4-20-22-6-5-21(25(22,2)10-8-23(20)24)17-11-16(13-26)14-27-15-17;1-3-5-4-2/h3,5,11,14-15,19-20,22-23H,4,6-10,12H2,1-2H3;3-4H,1H2,2H3. The Bertz CT molecular complexity index is 1080. The Hall–Kier alpha value is -2.87. The van der Waals surface area contributed by atoms with Crippen LogP contribution in [0.1, 0.15) is 76.8 Å². The van der Waals surface area contributed by atoms with Gasteiger partial charge in [0.05, 0.1) is 11.6 Å². The fourth-order valence-electron chi connectivity index (χ4n) is 7.50. The molecule has 0 saturated heterocycles. The Kier molecular flexibility index (Phi) is 6.98. The number of nitroso groups, excluding NO2 is 1. The quantitative estimate of drug-likeness (QED) is 0.273. The van der Waals surface area contributed by atoms with Crippen molar-refractivity contribution in [2.24, 2.45) is 38.8 Å². The Morgan fingerprint density at radius 1 is 1.15 bits per heavy atom. The Morgan fingerprint density at radius 3 is 2.62 bits per heavy atom. The maximum atomic E-state index is 11.1. The van der Waals surface area contributed by atoms with Crippen molar-refractivity contribution in [2.75, 3.05) is 0 Å². The number of aliphatic imine (C=N–C) groups is 1. The summed E-state index contributed by atoms with van der Waals surface area (Å²) >= 11 is 0. The largest absolute Gasteiger partial charge is 0.270 e. The minimum Gasteiger partial charge on any atom is -0.270 e. The van der Waals surface area contributed by atoms with E-state index in [9.17, 15) is 10.2 Å². The van der Waals surface area contributed by atoms with E-state index < -0.39 is 0 Å². The number of rotatable bonds is 3. The van der Waals surface area contributed by atoms with Crippen LogP contribution in [0.25, 0.3) is 5.57 Å². The molecule has 5 rings (SSSR count). The normalized spacial score (nSPS) is 35.9. The van der Waals surface area contributed by atoms with Gasteiger partial charge in [-0.25, -0.2) is 0 Å². The highest BCUT2D eigenvalue weighted by Gasteiger charge is 2.56. The molecule has 0 N–H and O–H groups in total. The van der Waals surface area contributed by atoms with Gasteiger partial charge in [0.1, 0.15) is 6.07 Å². The van der Waals surface area contributed by atoms with Crippen molar-refractivity contribution in [3.05, 3.63) is 65.0 Å². The van der Waals surface area contributed by atoms with E-state index in [1.54, 1.807) is 12.4 Å². The summed E-state index contributed by atoms with van der Waals surface area (Å²) in [4.78, 5) is 19.1. The van der Waals surface area contributed by atoms with E-state index >= 15 is 0 Å². The lowest BCUT2D eigenvalue weighted by atomic mass is 9.47. The lowest BCUT2D eigenvalue weighted by Gasteiger charge is -2.57. The molecule has 5 heteroatoms. The second kappa shape index (κ2) is 9.78. The lowest BCUT2D eigenvalue weighted by molar-refractivity contribution is -0.0112. The van der Waals surface area contributed by atoms with Gasteiger partial charge in [-0.05, 0) is 97.7 Å². The summed E-state index contributed by atoms with van der Waals surface area (Å²) in [6, 6.07) is 4.23. The first-order chi connectivity index (χ1) is 16.4. The van der Waals surface area contributed by atoms with Gasteiger partial charge in [0.15, 0.2) is 0 Å². The van der Waals surface area contributed by atoms with Gasteiger partial charge in [-0.15, -0.1) is 0 Å². The molecule has 0 radical (unpaired) electrons. The molecule has 6 atom stereocenters. The molecular formula is C29H36N4O. The molecule has 0 aliphatic heterocycles. The monoisotopic (exact) mass is 456 g/mol. The summed E-state index contributed by atoms with van der Waals surface area (Å²) < 4.78 is 0. The number of pyridine rings is 1. The molecule has 1 aromatic rings. The third-order valence-corrected chi connectivity index (χ3v) is 9.24. The van der Waals surface area contributed by atoms with E-state index in [0.29, 0.717) is 23.3 Å². The highest BCUT2D eigenvalue weighted by molar-refractivity contribution is 5.73. The third-order valence-electron chi connectivity index (χ3n) is 9.24. The molecule has 5 nitrogen and oxygen atoms in total. The van der Waals surface area contributed by atoms with Crippen LogP contribution in [0.2, 0.25) is 0 Å². The molecule has 4 aliphatic rings. The number of aromatic nitrogens is 1. The Morgan fingerprint density at radius 2 is 1.94 bits per heavy atom. The lowest BCUT2D eigenvalue weighted by Crippen LogP contribution is -2.49. The molecule has 2 saturated carbocycles. The minimum atomic E-state index is -0.0145. The van der Waals surface area contributed by atoms with Crippen LogP contribution in [0.3, 0.4) is 0 Å². The molecule has 0 amide bonds. The smallest absolute Gasteiger partial charge is 0.101 e. The number of nitriles is 1. The molecule has 6 unspecified atom stereocenters. The van der Waals surface area contributed by atoms with Gasteiger partial charge in [-0.3, -0.25) is 9.98 Å². The number of fused-ring (bicyclic) bond motifs is 5. The summed E-state index contributed by atoms with van der Waals surface area (Å²) in [6.07, 6.45) is 19.3. The van der Waals surface area contributed by atoms with Gasteiger partial charge in [0, 0.05) is 24.8 Å². The van der Waals surface area contributed by atoms with Gasteiger partial charge < -0.3 is 0 Å². The molecule has 0 bridgehead atoms. The highest BCUT2D eigenvalue weighted by Crippen LogP contribution is 2.66. The fourth-order valence-corrected chi connectivity index (χ4v) is 7.50. The zero-order valence-electron chi connectivity index (χ0n) is 20.7. The molecule has 1 aromatic heterocycles. The summed E-state index contributed by atoms with van der Waals surface area (Å²) in [6.45, 7) is 10.1. The second-order valence-corrected chi connectivity index (χ2v) is 10.7. The van der Waals surface area contributed by atoms with E-state index in [1.807, 2.05) is 19.2 Å². The number of hydrogen-bond donors (Lipinski definition) is 0. The van der Waals surface area contributed by atoms with Crippen LogP contribution >= 0.6 is 0 Å². The molecule has 0 aromatic carbocycles. The fraction of sp³-hybridized carbons (Fsp3) is 0.552. The summed E-state index contributed by atoms with van der Waals surface area (Å²) in [5.41, 5.74) is 5.09.